The van der Waals surface area contributed by atoms with Crippen molar-refractivity contribution in [1.82, 2.24) is 5.32 Å². The Labute approximate surface area is 172 Å². The lowest BCUT2D eigenvalue weighted by molar-refractivity contribution is -0.384. The third-order valence-corrected chi connectivity index (χ3v) is 4.90. The number of hydrogen-bond acceptors (Lipinski definition) is 7. The lowest BCUT2D eigenvalue weighted by Gasteiger charge is -2.18. The Kier molecular flexibility index (Phi) is 6.05. The quantitative estimate of drug-likeness (QED) is 0.522. The van der Waals surface area contributed by atoms with E-state index >= 15 is 0 Å². The van der Waals surface area contributed by atoms with Gasteiger partial charge in [0.05, 0.1) is 25.1 Å². The number of nitrogens with one attached hydrogen (secondary N) is 1. The minimum atomic E-state index is -0.591. The molecule has 0 spiro atoms. The Balaban J connectivity index is 1.67. The van der Waals surface area contributed by atoms with Crippen LogP contribution in [-0.4, -0.2) is 42.6 Å². The number of nitro groups is 1. The number of aromatic hydroxyl groups is 1. The molecular weight excluding hydrogens is 394 g/mol. The van der Waals surface area contributed by atoms with Crippen molar-refractivity contribution in [2.24, 2.45) is 5.92 Å². The molecule has 158 valence electrons. The number of benzene rings is 2. The third kappa shape index (κ3) is 4.27. The summed E-state index contributed by atoms with van der Waals surface area (Å²) in [5.74, 6) is -0.338. The van der Waals surface area contributed by atoms with Crippen LogP contribution in [0.3, 0.4) is 0 Å². The minimum absolute atomic E-state index is 0.0289. The van der Waals surface area contributed by atoms with Gasteiger partial charge >= 0.3 is 0 Å². The Hall–Kier alpha value is -3.82. The predicted octanol–water partition coefficient (Wildman–Crippen LogP) is 1.99. The van der Waals surface area contributed by atoms with Gasteiger partial charge in [0.15, 0.2) is 11.5 Å². The number of rotatable bonds is 7. The zero-order valence-corrected chi connectivity index (χ0v) is 16.5. The fourth-order valence-electron chi connectivity index (χ4n) is 3.28. The summed E-state index contributed by atoms with van der Waals surface area (Å²) in [5, 5.41) is 23.4. The Bertz CT molecular complexity index is 992. The summed E-state index contributed by atoms with van der Waals surface area (Å²) in [6.07, 6.45) is 0.0289. The smallest absolute Gasteiger partial charge is 0.270 e. The number of amides is 2. The fraction of sp³-hybridized carbons (Fsp3) is 0.300. The van der Waals surface area contributed by atoms with E-state index in [1.54, 1.807) is 18.2 Å². The van der Waals surface area contributed by atoms with Crippen molar-refractivity contribution in [3.05, 3.63) is 52.1 Å². The van der Waals surface area contributed by atoms with Crippen LogP contribution in [0.1, 0.15) is 12.0 Å². The Morgan fingerprint density at radius 3 is 2.63 bits per heavy atom. The van der Waals surface area contributed by atoms with E-state index in [4.69, 9.17) is 9.47 Å². The number of ether oxygens (including phenoxy) is 2. The van der Waals surface area contributed by atoms with Crippen LogP contribution >= 0.6 is 0 Å². The van der Waals surface area contributed by atoms with Crippen molar-refractivity contribution in [3.8, 4) is 17.2 Å². The molecule has 1 atom stereocenters. The van der Waals surface area contributed by atoms with Gasteiger partial charge in [-0.05, 0) is 18.2 Å². The first-order chi connectivity index (χ1) is 14.3. The lowest BCUT2D eigenvalue weighted by Crippen LogP contribution is -2.32. The largest absolute Gasteiger partial charge is 0.508 e. The van der Waals surface area contributed by atoms with Crippen molar-refractivity contribution in [2.75, 3.05) is 25.7 Å². The number of hydrogen-bond donors (Lipinski definition) is 2. The normalized spacial score (nSPS) is 15.7. The molecule has 1 heterocycles. The molecule has 10 nitrogen and oxygen atoms in total. The van der Waals surface area contributed by atoms with E-state index in [9.17, 15) is 24.8 Å². The molecule has 2 aromatic rings. The highest BCUT2D eigenvalue weighted by molar-refractivity contribution is 6.00. The van der Waals surface area contributed by atoms with Crippen molar-refractivity contribution in [2.45, 2.75) is 13.0 Å². The molecule has 0 aromatic heterocycles. The molecule has 1 unspecified atom stereocenters. The van der Waals surface area contributed by atoms with E-state index in [1.807, 2.05) is 0 Å². The molecule has 1 aliphatic rings. The summed E-state index contributed by atoms with van der Waals surface area (Å²) in [6.45, 7) is 0.0917. The van der Waals surface area contributed by atoms with Gasteiger partial charge in [-0.15, -0.1) is 0 Å². The van der Waals surface area contributed by atoms with Gasteiger partial charge in [0.2, 0.25) is 11.8 Å². The molecule has 1 aliphatic heterocycles. The number of anilines is 1. The second kappa shape index (κ2) is 8.68. The zero-order chi connectivity index (χ0) is 21.8. The van der Waals surface area contributed by atoms with Gasteiger partial charge in [-0.1, -0.05) is 0 Å². The summed E-state index contributed by atoms with van der Waals surface area (Å²) in [6, 6.07) is 8.64. The number of methoxy groups -OCH3 is 2. The molecule has 10 heteroatoms. The molecule has 2 N–H and O–H groups in total. The lowest BCUT2D eigenvalue weighted by atomic mass is 10.1. The van der Waals surface area contributed by atoms with E-state index in [2.05, 4.69) is 5.32 Å². The van der Waals surface area contributed by atoms with E-state index in [0.717, 1.165) is 0 Å². The molecule has 1 fully saturated rings. The zero-order valence-electron chi connectivity index (χ0n) is 16.5. The average Bonchev–Trinajstić information content (AvgIpc) is 3.13. The number of nitrogens with zero attached hydrogens (tertiary/aromatic N) is 2. The van der Waals surface area contributed by atoms with Gasteiger partial charge in [-0.25, -0.2) is 0 Å². The van der Waals surface area contributed by atoms with Gasteiger partial charge in [-0.3, -0.25) is 19.7 Å². The van der Waals surface area contributed by atoms with Gasteiger partial charge in [0.25, 0.3) is 5.69 Å². The number of phenolic OH excluding ortho intramolecular Hbond substituents is 1. The number of non-ortho nitro benzene ring substituents is 1. The molecule has 30 heavy (non-hydrogen) atoms. The van der Waals surface area contributed by atoms with Crippen molar-refractivity contribution >= 4 is 23.2 Å². The van der Waals surface area contributed by atoms with Crippen LogP contribution < -0.4 is 19.7 Å². The van der Waals surface area contributed by atoms with E-state index < -0.39 is 10.8 Å². The minimum Gasteiger partial charge on any atom is -0.508 e. The molecule has 3 rings (SSSR count). The van der Waals surface area contributed by atoms with Crippen LogP contribution in [0.5, 0.6) is 17.2 Å². The molecule has 2 amide bonds. The fourth-order valence-corrected chi connectivity index (χ4v) is 3.28. The second-order valence-corrected chi connectivity index (χ2v) is 6.73. The number of carbonyl (C=O) groups excluding carboxylic acids is 2. The van der Waals surface area contributed by atoms with Gasteiger partial charge in [0, 0.05) is 49.0 Å². The highest BCUT2D eigenvalue weighted by atomic mass is 16.6. The van der Waals surface area contributed by atoms with Crippen molar-refractivity contribution < 1.29 is 29.1 Å². The van der Waals surface area contributed by atoms with Crippen LogP contribution in [0, 0.1) is 16.0 Å². The van der Waals surface area contributed by atoms with Crippen molar-refractivity contribution in [3.63, 3.8) is 0 Å². The number of phenols is 1. The highest BCUT2D eigenvalue weighted by Crippen LogP contribution is 2.34. The molecule has 0 saturated carbocycles. The number of carbonyl (C=O) groups is 2. The maximum atomic E-state index is 12.5. The van der Waals surface area contributed by atoms with Gasteiger partial charge in [0.1, 0.15) is 5.75 Å². The molecule has 0 radical (unpaired) electrons. The van der Waals surface area contributed by atoms with Gasteiger partial charge in [-0.2, -0.15) is 0 Å². The molecule has 0 bridgehead atoms. The summed E-state index contributed by atoms with van der Waals surface area (Å²) in [7, 11) is 3.01. The summed E-state index contributed by atoms with van der Waals surface area (Å²) >= 11 is 0. The SMILES string of the molecule is COc1ccc(N2CC(C(=O)NCc3cc([N+](=O)[O-])ccc3O)CC2=O)cc1OC. The highest BCUT2D eigenvalue weighted by Gasteiger charge is 2.35. The maximum Gasteiger partial charge on any atom is 0.270 e. The van der Waals surface area contributed by atoms with E-state index in [1.165, 1.54) is 37.3 Å². The Morgan fingerprint density at radius 2 is 1.97 bits per heavy atom. The molecule has 1 saturated heterocycles. The Morgan fingerprint density at radius 1 is 1.23 bits per heavy atom. The molecular formula is C20H21N3O7. The summed E-state index contributed by atoms with van der Waals surface area (Å²) < 4.78 is 10.4. The number of nitro benzene ring substituents is 1. The topological polar surface area (TPSA) is 131 Å². The van der Waals surface area contributed by atoms with Crippen LogP contribution in [0.2, 0.25) is 0 Å². The predicted molar refractivity (Wildman–Crippen MR) is 107 cm³/mol. The third-order valence-electron chi connectivity index (χ3n) is 4.90. The van der Waals surface area contributed by atoms with Crippen LogP contribution in [0.4, 0.5) is 11.4 Å². The van der Waals surface area contributed by atoms with Crippen LogP contribution in [-0.2, 0) is 16.1 Å². The first-order valence-electron chi connectivity index (χ1n) is 9.10. The van der Waals surface area contributed by atoms with E-state index in [-0.39, 0.29) is 48.3 Å². The monoisotopic (exact) mass is 415 g/mol. The second-order valence-electron chi connectivity index (χ2n) is 6.73. The van der Waals surface area contributed by atoms with E-state index in [0.29, 0.717) is 17.2 Å². The van der Waals surface area contributed by atoms with Gasteiger partial charge < -0.3 is 24.8 Å². The molecule has 0 aliphatic carbocycles. The first kappa shape index (κ1) is 20.9. The average molecular weight is 415 g/mol. The van der Waals surface area contributed by atoms with Crippen LogP contribution in [0.25, 0.3) is 0 Å². The summed E-state index contributed by atoms with van der Waals surface area (Å²) in [5.41, 5.74) is 0.621. The maximum absolute atomic E-state index is 12.5. The first-order valence-corrected chi connectivity index (χ1v) is 9.10. The summed E-state index contributed by atoms with van der Waals surface area (Å²) in [4.78, 5) is 36.8. The van der Waals surface area contributed by atoms with Crippen LogP contribution in [0.15, 0.2) is 36.4 Å². The standard InChI is InChI=1S/C20H21N3O7/c1-29-17-6-4-14(9-18(17)30-2)22-11-13(8-19(22)25)20(26)21-10-12-7-15(23(27)28)3-5-16(12)24/h3-7,9,13,24H,8,10-11H2,1-2H3,(H,21,26). The molecule has 2 aromatic carbocycles. The van der Waals surface area contributed by atoms with Crippen molar-refractivity contribution in [1.29, 1.82) is 0 Å².